The molecule has 0 bridgehead atoms. The standard InChI is InChI=1S/C5H14O14P6/c6-20-4(21-7)2(5(24(14,15)16)25(17,18)19)1-3(22(8,9)10)23(11,12)13/h2-5H,1H2,(H2,8,9,10)(H2,11,12,13)(H2,14,15,16)(H2,17,18,19). The maximum Gasteiger partial charge on any atom is 0.341 e. The summed E-state index contributed by atoms with van der Waals surface area (Å²) in [4.78, 5) is 72.8. The molecule has 0 aromatic carbocycles. The largest absolute Gasteiger partial charge is 0.341 e. The van der Waals surface area contributed by atoms with Crippen LogP contribution in [0.4, 0.5) is 0 Å². The fraction of sp³-hybridized carbons (Fsp3) is 1.00. The molecule has 0 aliphatic rings. The summed E-state index contributed by atoms with van der Waals surface area (Å²) in [5, 5.41) is -7.95. The van der Waals surface area contributed by atoms with Gasteiger partial charge in [-0.25, -0.2) is 0 Å². The van der Waals surface area contributed by atoms with Crippen LogP contribution in [0.5, 0.6) is 0 Å². The van der Waals surface area contributed by atoms with Crippen molar-refractivity contribution in [1.29, 1.82) is 0 Å². The Balaban J connectivity index is 6.45. The summed E-state index contributed by atoms with van der Waals surface area (Å²) in [5.74, 6) is -2.37. The van der Waals surface area contributed by atoms with Crippen molar-refractivity contribution in [2.75, 3.05) is 0 Å². The average Bonchev–Trinajstić information content (AvgIpc) is 2.30. The molecule has 14 nitrogen and oxygen atoms in total. The van der Waals surface area contributed by atoms with Crippen molar-refractivity contribution in [2.45, 2.75) is 22.6 Å². The smallest absolute Gasteiger partial charge is 0.324 e. The minimum atomic E-state index is -5.75. The van der Waals surface area contributed by atoms with E-state index < -0.39 is 75.8 Å². The lowest BCUT2D eigenvalue weighted by Gasteiger charge is -2.31. The first-order chi connectivity index (χ1) is 10.9. The minimum Gasteiger partial charge on any atom is -0.324 e. The topological polar surface area (TPSA) is 264 Å². The van der Waals surface area contributed by atoms with Gasteiger partial charge in [-0.1, -0.05) is 0 Å². The molecule has 148 valence electrons. The molecule has 0 radical (unpaired) electrons. The Labute approximate surface area is 143 Å². The minimum absolute atomic E-state index is 1.19. The molecule has 0 fully saturated rings. The normalized spacial score (nSPS) is 17.4. The molecule has 1 unspecified atom stereocenters. The van der Waals surface area contributed by atoms with Gasteiger partial charge < -0.3 is 39.1 Å². The van der Waals surface area contributed by atoms with Crippen LogP contribution in [0.3, 0.4) is 0 Å². The van der Waals surface area contributed by atoms with Gasteiger partial charge in [-0.05, 0) is 6.42 Å². The van der Waals surface area contributed by atoms with Crippen LogP contribution in [0.25, 0.3) is 0 Å². The Morgan fingerprint density at radius 2 is 0.960 bits per heavy atom. The quantitative estimate of drug-likeness (QED) is 0.194. The number of hydrogen-bond acceptors (Lipinski definition) is 6. The highest BCUT2D eigenvalue weighted by Crippen LogP contribution is 2.69. The molecule has 0 rings (SSSR count). The van der Waals surface area contributed by atoms with Crippen LogP contribution >= 0.6 is 47.3 Å². The average molecular weight is 484 g/mol. The summed E-state index contributed by atoms with van der Waals surface area (Å²) in [7, 11) is -25.2. The van der Waals surface area contributed by atoms with Gasteiger partial charge in [0.05, 0.1) is 0 Å². The fourth-order valence-electron chi connectivity index (χ4n) is 1.98. The van der Waals surface area contributed by atoms with Gasteiger partial charge in [0, 0.05) is 5.92 Å². The predicted octanol–water partition coefficient (Wildman–Crippen LogP) is 0.265. The van der Waals surface area contributed by atoms with E-state index in [2.05, 4.69) is 0 Å². The monoisotopic (exact) mass is 484 g/mol. The lowest BCUT2D eigenvalue weighted by atomic mass is 10.1. The van der Waals surface area contributed by atoms with Gasteiger partial charge in [0.1, 0.15) is 5.40 Å². The second-order valence-electron chi connectivity index (χ2n) is 4.77. The highest BCUT2D eigenvalue weighted by Gasteiger charge is 2.55. The lowest BCUT2D eigenvalue weighted by molar-refractivity contribution is 0.299. The van der Waals surface area contributed by atoms with Crippen molar-refractivity contribution in [3.05, 3.63) is 0 Å². The van der Waals surface area contributed by atoms with E-state index in [1.807, 2.05) is 0 Å². The highest BCUT2D eigenvalue weighted by atomic mass is 31.2. The predicted molar refractivity (Wildman–Crippen MR) is 82.9 cm³/mol. The van der Waals surface area contributed by atoms with Crippen molar-refractivity contribution in [3.63, 3.8) is 0 Å². The molecule has 0 saturated carbocycles. The highest BCUT2D eigenvalue weighted by molar-refractivity contribution is 7.71. The molecule has 25 heavy (non-hydrogen) atoms. The summed E-state index contributed by atoms with van der Waals surface area (Å²) < 4.78 is 67.5. The van der Waals surface area contributed by atoms with Crippen LogP contribution in [0, 0.1) is 5.92 Å². The zero-order valence-electron chi connectivity index (χ0n) is 11.7. The Morgan fingerprint density at radius 3 is 1.16 bits per heavy atom. The zero-order valence-corrected chi connectivity index (χ0v) is 17.1. The first-order valence-electron chi connectivity index (χ1n) is 5.73. The molecule has 0 aromatic heterocycles. The van der Waals surface area contributed by atoms with E-state index in [1.54, 1.807) is 0 Å². The van der Waals surface area contributed by atoms with Gasteiger partial charge in [0.15, 0.2) is 27.7 Å². The molecule has 0 aromatic rings. The van der Waals surface area contributed by atoms with Crippen molar-refractivity contribution >= 4 is 47.3 Å². The van der Waals surface area contributed by atoms with Crippen LogP contribution in [0.1, 0.15) is 6.42 Å². The van der Waals surface area contributed by atoms with Crippen molar-refractivity contribution < 1.29 is 66.5 Å². The van der Waals surface area contributed by atoms with Crippen LogP contribution in [0.15, 0.2) is 0 Å². The molecule has 0 saturated heterocycles. The molecule has 0 aliphatic carbocycles. The van der Waals surface area contributed by atoms with E-state index in [0.29, 0.717) is 0 Å². The molecule has 0 amide bonds. The Bertz CT molecular complexity index is 626. The number of rotatable bonds is 10. The third kappa shape index (κ3) is 7.74. The van der Waals surface area contributed by atoms with Crippen LogP contribution in [-0.2, 0) is 27.4 Å². The zero-order chi connectivity index (χ0) is 20.4. The van der Waals surface area contributed by atoms with Gasteiger partial charge in [-0.15, -0.1) is 0 Å². The van der Waals surface area contributed by atoms with Gasteiger partial charge in [-0.2, -0.15) is 0 Å². The van der Waals surface area contributed by atoms with E-state index in [9.17, 15) is 27.4 Å². The SMILES string of the molecule is O=PC(P=O)C(CC(P(=O)(O)O)P(=O)(O)O)C(P(=O)(O)O)P(=O)(O)O. The molecule has 0 aliphatic heterocycles. The lowest BCUT2D eigenvalue weighted by Crippen LogP contribution is -2.30. The number of hydrogen-bond donors (Lipinski definition) is 8. The van der Waals surface area contributed by atoms with E-state index >= 15 is 0 Å². The summed E-state index contributed by atoms with van der Waals surface area (Å²) in [6.07, 6.45) is -1.56. The van der Waals surface area contributed by atoms with Crippen molar-refractivity contribution in [3.8, 4) is 0 Å². The van der Waals surface area contributed by atoms with E-state index in [0.717, 1.165) is 0 Å². The van der Waals surface area contributed by atoms with E-state index in [4.69, 9.17) is 39.1 Å². The van der Waals surface area contributed by atoms with Crippen molar-refractivity contribution in [1.82, 2.24) is 0 Å². The first kappa shape index (κ1) is 25.8. The summed E-state index contributed by atoms with van der Waals surface area (Å²) >= 11 is 0. The van der Waals surface area contributed by atoms with Gasteiger partial charge >= 0.3 is 30.4 Å². The van der Waals surface area contributed by atoms with Gasteiger partial charge in [0.25, 0.3) is 0 Å². The molecule has 0 heterocycles. The second-order valence-corrected chi connectivity index (χ2v) is 14.6. The molecular formula is C5H14O14P6. The molecule has 8 N–H and O–H groups in total. The van der Waals surface area contributed by atoms with Crippen LogP contribution < -0.4 is 0 Å². The first-order valence-corrected chi connectivity index (χ1v) is 14.2. The maximum absolute atomic E-state index is 11.4. The van der Waals surface area contributed by atoms with Crippen LogP contribution in [-0.4, -0.2) is 55.3 Å². The second kappa shape index (κ2) is 8.87. The Hall–Kier alpha value is 0.800. The molecule has 1 atom stereocenters. The third-order valence-corrected chi connectivity index (χ3v) is 12.4. The summed E-state index contributed by atoms with van der Waals surface area (Å²) in [6.45, 7) is 0. The molecule has 0 spiro atoms. The van der Waals surface area contributed by atoms with Gasteiger partial charge in [-0.3, -0.25) is 27.4 Å². The molecule has 20 heteroatoms. The van der Waals surface area contributed by atoms with Crippen molar-refractivity contribution in [2.24, 2.45) is 5.92 Å². The maximum atomic E-state index is 11.4. The summed E-state index contributed by atoms with van der Waals surface area (Å²) in [5.41, 5.74) is 0. The van der Waals surface area contributed by atoms with Crippen LogP contribution in [0.2, 0.25) is 0 Å². The Morgan fingerprint density at radius 1 is 0.640 bits per heavy atom. The third-order valence-electron chi connectivity index (χ3n) is 2.93. The van der Waals surface area contributed by atoms with E-state index in [-0.39, 0.29) is 0 Å². The Kier molecular flexibility index (Phi) is 9.15. The fourth-order valence-corrected chi connectivity index (χ4v) is 9.34. The molecular weight excluding hydrogens is 470 g/mol. The van der Waals surface area contributed by atoms with E-state index in [1.165, 1.54) is 0 Å². The van der Waals surface area contributed by atoms with Gasteiger partial charge in [0.2, 0.25) is 0 Å². The summed E-state index contributed by atoms with van der Waals surface area (Å²) in [6, 6.07) is 0.